The van der Waals surface area contributed by atoms with Crippen LogP contribution < -0.4 is 10.2 Å². The van der Waals surface area contributed by atoms with Gasteiger partial charge in [-0.3, -0.25) is 4.79 Å². The molecule has 0 bridgehead atoms. The third kappa shape index (κ3) is 3.85. The van der Waals surface area contributed by atoms with Crippen LogP contribution in [0.2, 0.25) is 0 Å². The lowest BCUT2D eigenvalue weighted by molar-refractivity contribution is 0.0951. The quantitative estimate of drug-likeness (QED) is 0.890. The molecule has 2 aromatic rings. The van der Waals surface area contributed by atoms with Crippen molar-refractivity contribution in [1.82, 2.24) is 5.32 Å². The second kappa shape index (κ2) is 6.88. The van der Waals surface area contributed by atoms with E-state index in [0.717, 1.165) is 19.2 Å². The molecule has 1 amide bonds. The number of para-hydroxylation sites is 1. The highest BCUT2D eigenvalue weighted by molar-refractivity contribution is 7.90. The monoisotopic (exact) mass is 358 g/mol. The minimum absolute atomic E-state index is 0.183. The van der Waals surface area contributed by atoms with Crippen molar-refractivity contribution in [2.24, 2.45) is 0 Å². The van der Waals surface area contributed by atoms with Crippen LogP contribution in [0.25, 0.3) is 0 Å². The fourth-order valence-corrected chi connectivity index (χ4v) is 3.76. The Kier molecular flexibility index (Phi) is 4.81. The van der Waals surface area contributed by atoms with Crippen LogP contribution in [-0.4, -0.2) is 39.7 Å². The molecule has 1 aliphatic rings. The number of amides is 1. The van der Waals surface area contributed by atoms with Gasteiger partial charge in [0.05, 0.1) is 4.90 Å². The minimum atomic E-state index is -3.25. The van der Waals surface area contributed by atoms with Gasteiger partial charge in [-0.1, -0.05) is 18.2 Å². The lowest BCUT2D eigenvalue weighted by Crippen LogP contribution is -2.41. The maximum absolute atomic E-state index is 12.3. The molecule has 132 valence electrons. The molecule has 1 unspecified atom stereocenters. The largest absolute Gasteiger partial charge is 0.366 e. The molecule has 0 aromatic heterocycles. The van der Waals surface area contributed by atoms with Gasteiger partial charge in [0.15, 0.2) is 9.84 Å². The van der Waals surface area contributed by atoms with Crippen molar-refractivity contribution in [2.75, 3.05) is 24.2 Å². The summed E-state index contributed by atoms with van der Waals surface area (Å²) in [6.07, 6.45) is 2.18. The van der Waals surface area contributed by atoms with Gasteiger partial charge >= 0.3 is 0 Å². The summed E-state index contributed by atoms with van der Waals surface area (Å²) in [5, 5.41) is 2.93. The van der Waals surface area contributed by atoms with Crippen molar-refractivity contribution >= 4 is 21.4 Å². The topological polar surface area (TPSA) is 66.5 Å². The predicted molar refractivity (Wildman–Crippen MR) is 98.8 cm³/mol. The molecule has 0 fully saturated rings. The first kappa shape index (κ1) is 17.5. The number of rotatable bonds is 5. The van der Waals surface area contributed by atoms with Gasteiger partial charge < -0.3 is 10.2 Å². The molecule has 5 nitrogen and oxygen atoms in total. The van der Waals surface area contributed by atoms with Crippen molar-refractivity contribution in [3.05, 3.63) is 59.7 Å². The Labute approximate surface area is 148 Å². The SMILES string of the molecule is CC(CNC(=O)c1ccc(S(C)(=O)=O)cc1)N1CCc2ccccc21. The average Bonchev–Trinajstić information content (AvgIpc) is 3.03. The fraction of sp³-hybridized carbons (Fsp3) is 0.316. The summed E-state index contributed by atoms with van der Waals surface area (Å²) < 4.78 is 22.9. The molecule has 1 aliphatic heterocycles. The second-order valence-corrected chi connectivity index (χ2v) is 8.44. The summed E-state index contributed by atoms with van der Waals surface area (Å²) >= 11 is 0. The normalized spacial score (nSPS) is 14.9. The Hall–Kier alpha value is -2.34. The van der Waals surface area contributed by atoms with Crippen LogP contribution in [0.15, 0.2) is 53.4 Å². The third-order valence-corrected chi connectivity index (χ3v) is 5.69. The summed E-state index contributed by atoms with van der Waals surface area (Å²) in [6, 6.07) is 14.5. The molecular formula is C19H22N2O3S. The van der Waals surface area contributed by atoms with Crippen LogP contribution in [0.5, 0.6) is 0 Å². The molecule has 1 atom stereocenters. The van der Waals surface area contributed by atoms with Gasteiger partial charge in [-0.15, -0.1) is 0 Å². The van der Waals surface area contributed by atoms with E-state index < -0.39 is 9.84 Å². The highest BCUT2D eigenvalue weighted by atomic mass is 32.2. The Morgan fingerprint density at radius 3 is 2.52 bits per heavy atom. The first-order valence-electron chi connectivity index (χ1n) is 8.29. The zero-order chi connectivity index (χ0) is 18.0. The van der Waals surface area contributed by atoms with Gasteiger partial charge in [-0.2, -0.15) is 0 Å². The summed E-state index contributed by atoms with van der Waals surface area (Å²) in [6.45, 7) is 3.58. The molecule has 0 saturated heterocycles. The maximum atomic E-state index is 12.3. The first-order chi connectivity index (χ1) is 11.9. The average molecular weight is 358 g/mol. The van der Waals surface area contributed by atoms with Gasteiger partial charge in [0.2, 0.25) is 0 Å². The van der Waals surface area contributed by atoms with E-state index in [4.69, 9.17) is 0 Å². The number of carbonyl (C=O) groups excluding carboxylic acids is 1. The fourth-order valence-electron chi connectivity index (χ4n) is 3.13. The Morgan fingerprint density at radius 1 is 1.16 bits per heavy atom. The molecule has 3 rings (SSSR count). The van der Waals surface area contributed by atoms with Crippen LogP contribution in [0, 0.1) is 0 Å². The van der Waals surface area contributed by atoms with Crippen molar-refractivity contribution in [2.45, 2.75) is 24.3 Å². The number of anilines is 1. The second-order valence-electron chi connectivity index (χ2n) is 6.43. The maximum Gasteiger partial charge on any atom is 0.251 e. The molecule has 25 heavy (non-hydrogen) atoms. The number of sulfone groups is 1. The van der Waals surface area contributed by atoms with Gasteiger partial charge in [0.25, 0.3) is 5.91 Å². The smallest absolute Gasteiger partial charge is 0.251 e. The van der Waals surface area contributed by atoms with Gasteiger partial charge in [0.1, 0.15) is 0 Å². The lowest BCUT2D eigenvalue weighted by Gasteiger charge is -2.27. The van der Waals surface area contributed by atoms with Crippen molar-refractivity contribution in [3.8, 4) is 0 Å². The zero-order valence-corrected chi connectivity index (χ0v) is 15.2. The Morgan fingerprint density at radius 2 is 1.84 bits per heavy atom. The molecule has 0 saturated carbocycles. The molecule has 0 spiro atoms. The Bertz CT molecular complexity index is 876. The number of carbonyl (C=O) groups is 1. The third-order valence-electron chi connectivity index (χ3n) is 4.56. The first-order valence-corrected chi connectivity index (χ1v) is 10.2. The van der Waals surface area contributed by atoms with Gasteiger partial charge in [-0.05, 0) is 49.2 Å². The highest BCUT2D eigenvalue weighted by Crippen LogP contribution is 2.28. The predicted octanol–water partition coefficient (Wildman–Crippen LogP) is 2.27. The number of hydrogen-bond acceptors (Lipinski definition) is 4. The van der Waals surface area contributed by atoms with E-state index in [2.05, 4.69) is 35.3 Å². The number of nitrogens with one attached hydrogen (secondary N) is 1. The molecule has 0 aliphatic carbocycles. The van der Waals surface area contributed by atoms with E-state index in [1.807, 2.05) is 6.07 Å². The highest BCUT2D eigenvalue weighted by Gasteiger charge is 2.23. The van der Waals surface area contributed by atoms with E-state index in [1.54, 1.807) is 12.1 Å². The van der Waals surface area contributed by atoms with Crippen molar-refractivity contribution < 1.29 is 13.2 Å². The number of fused-ring (bicyclic) bond motifs is 1. The van der Waals surface area contributed by atoms with Crippen molar-refractivity contribution in [1.29, 1.82) is 0 Å². The van der Waals surface area contributed by atoms with Gasteiger partial charge in [-0.25, -0.2) is 8.42 Å². The number of nitrogens with zero attached hydrogens (tertiary/aromatic N) is 1. The van der Waals surface area contributed by atoms with E-state index in [0.29, 0.717) is 12.1 Å². The summed E-state index contributed by atoms with van der Waals surface area (Å²) in [4.78, 5) is 14.8. The molecular weight excluding hydrogens is 336 g/mol. The molecule has 1 N–H and O–H groups in total. The Balaban J connectivity index is 1.61. The van der Waals surface area contributed by atoms with Crippen LogP contribution in [0.4, 0.5) is 5.69 Å². The minimum Gasteiger partial charge on any atom is -0.366 e. The number of benzene rings is 2. The van der Waals surface area contributed by atoms with E-state index in [-0.39, 0.29) is 16.8 Å². The van der Waals surface area contributed by atoms with Crippen LogP contribution >= 0.6 is 0 Å². The molecule has 2 aromatic carbocycles. The molecule has 6 heteroatoms. The number of hydrogen-bond donors (Lipinski definition) is 1. The zero-order valence-electron chi connectivity index (χ0n) is 14.4. The summed E-state index contributed by atoms with van der Waals surface area (Å²) in [5.41, 5.74) is 3.04. The van der Waals surface area contributed by atoms with Gasteiger partial charge in [0, 0.05) is 36.6 Å². The van der Waals surface area contributed by atoms with Crippen LogP contribution in [-0.2, 0) is 16.3 Å². The van der Waals surface area contributed by atoms with Crippen LogP contribution in [0.3, 0.4) is 0 Å². The van der Waals surface area contributed by atoms with E-state index >= 15 is 0 Å². The molecule has 1 heterocycles. The summed E-state index contributed by atoms with van der Waals surface area (Å²) in [5.74, 6) is -0.195. The standard InChI is InChI=1S/C19H22N2O3S/c1-14(21-12-11-15-5-3-4-6-18(15)21)13-20-19(22)16-7-9-17(10-8-16)25(2,23)24/h3-10,14H,11-13H2,1-2H3,(H,20,22). The van der Waals surface area contributed by atoms with E-state index in [1.165, 1.54) is 23.4 Å². The lowest BCUT2D eigenvalue weighted by atomic mass is 10.1. The van der Waals surface area contributed by atoms with Crippen LogP contribution in [0.1, 0.15) is 22.8 Å². The van der Waals surface area contributed by atoms with Crippen molar-refractivity contribution in [3.63, 3.8) is 0 Å². The summed E-state index contributed by atoms with van der Waals surface area (Å²) in [7, 11) is -3.25. The molecule has 0 radical (unpaired) electrons. The van der Waals surface area contributed by atoms with E-state index in [9.17, 15) is 13.2 Å².